The average Bonchev–Trinajstić information content (AvgIpc) is 3.02. The highest BCUT2D eigenvalue weighted by atomic mass is 16.2. The molecule has 0 spiro atoms. The summed E-state index contributed by atoms with van der Waals surface area (Å²) in [6.45, 7) is 2.63. The van der Waals surface area contributed by atoms with Crippen LogP contribution < -0.4 is 4.90 Å². The van der Waals surface area contributed by atoms with Crippen molar-refractivity contribution in [3.63, 3.8) is 0 Å². The van der Waals surface area contributed by atoms with Crippen LogP contribution in [0.15, 0.2) is 48.8 Å². The molecule has 0 N–H and O–H groups in total. The number of aromatic nitrogens is 2. The first-order valence-electron chi connectivity index (χ1n) is 6.58. The van der Waals surface area contributed by atoms with Crippen molar-refractivity contribution >= 4 is 17.4 Å². The fourth-order valence-corrected chi connectivity index (χ4v) is 2.78. The summed E-state index contributed by atoms with van der Waals surface area (Å²) >= 11 is 0. The molecule has 0 atom stereocenters. The minimum absolute atomic E-state index is 0.0453. The Balaban J connectivity index is 1.86. The van der Waals surface area contributed by atoms with Crippen molar-refractivity contribution in [1.29, 1.82) is 0 Å². The maximum Gasteiger partial charge on any atom is 0.260 e. The Morgan fingerprint density at radius 1 is 1.15 bits per heavy atom. The lowest BCUT2D eigenvalue weighted by molar-refractivity contribution is 0.0995. The van der Waals surface area contributed by atoms with Gasteiger partial charge in [0.1, 0.15) is 11.5 Å². The summed E-state index contributed by atoms with van der Waals surface area (Å²) in [7, 11) is 0. The highest BCUT2D eigenvalue weighted by Gasteiger charge is 2.29. The number of fused-ring (bicyclic) bond motifs is 2. The van der Waals surface area contributed by atoms with Gasteiger partial charge in [0, 0.05) is 11.8 Å². The molecule has 20 heavy (non-hydrogen) atoms. The van der Waals surface area contributed by atoms with Crippen LogP contribution in [0.25, 0.3) is 5.65 Å². The second-order valence-electron chi connectivity index (χ2n) is 5.05. The number of hydrogen-bond acceptors (Lipinski definition) is 2. The maximum atomic E-state index is 12.5. The standard InChI is InChI=1S/C16H13N3O/c1-11-5-4-8-18-14(9-17-15(11)18)19-10-12-6-2-3-7-13(12)16(19)20/h2-9H,10H2,1H3. The molecule has 1 aliphatic heterocycles. The molecule has 0 saturated carbocycles. The van der Waals surface area contributed by atoms with Gasteiger partial charge >= 0.3 is 0 Å². The van der Waals surface area contributed by atoms with Crippen LogP contribution in [0.3, 0.4) is 0 Å². The second kappa shape index (κ2) is 3.93. The number of nitrogens with zero attached hydrogens (tertiary/aromatic N) is 3. The van der Waals surface area contributed by atoms with E-state index in [1.54, 1.807) is 11.1 Å². The number of rotatable bonds is 1. The zero-order chi connectivity index (χ0) is 13.7. The van der Waals surface area contributed by atoms with Gasteiger partial charge in [0.25, 0.3) is 5.91 Å². The minimum atomic E-state index is 0.0453. The van der Waals surface area contributed by atoms with Crippen LogP contribution in [0.5, 0.6) is 0 Å². The van der Waals surface area contributed by atoms with E-state index in [2.05, 4.69) is 4.98 Å². The number of carbonyl (C=O) groups is 1. The number of hydrogen-bond donors (Lipinski definition) is 0. The third kappa shape index (κ3) is 1.42. The summed E-state index contributed by atoms with van der Waals surface area (Å²) in [6.07, 6.45) is 3.72. The first-order chi connectivity index (χ1) is 9.75. The molecule has 1 aliphatic rings. The van der Waals surface area contributed by atoms with E-state index in [1.165, 1.54) is 0 Å². The van der Waals surface area contributed by atoms with Crippen molar-refractivity contribution in [2.45, 2.75) is 13.5 Å². The van der Waals surface area contributed by atoms with Gasteiger partial charge in [0.15, 0.2) is 0 Å². The molecule has 2 aromatic heterocycles. The van der Waals surface area contributed by atoms with Gasteiger partial charge in [-0.05, 0) is 30.2 Å². The number of aryl methyl sites for hydroxylation is 1. The lowest BCUT2D eigenvalue weighted by Crippen LogP contribution is -2.24. The number of benzene rings is 1. The van der Waals surface area contributed by atoms with Crippen LogP contribution in [0.1, 0.15) is 21.5 Å². The summed E-state index contributed by atoms with van der Waals surface area (Å²) in [5, 5.41) is 0. The molecular formula is C16H13N3O. The molecule has 98 valence electrons. The van der Waals surface area contributed by atoms with Gasteiger partial charge in [-0.2, -0.15) is 0 Å². The van der Waals surface area contributed by atoms with E-state index < -0.39 is 0 Å². The predicted octanol–water partition coefficient (Wildman–Crippen LogP) is 2.80. The minimum Gasteiger partial charge on any atom is -0.288 e. The molecule has 0 aliphatic carbocycles. The first-order valence-corrected chi connectivity index (χ1v) is 6.58. The molecule has 4 nitrogen and oxygen atoms in total. The van der Waals surface area contributed by atoms with Gasteiger partial charge in [0.2, 0.25) is 0 Å². The molecule has 0 radical (unpaired) electrons. The summed E-state index contributed by atoms with van der Waals surface area (Å²) in [6, 6.07) is 11.7. The topological polar surface area (TPSA) is 37.6 Å². The Kier molecular flexibility index (Phi) is 2.21. The molecule has 4 rings (SSSR count). The van der Waals surface area contributed by atoms with Gasteiger partial charge in [-0.15, -0.1) is 0 Å². The van der Waals surface area contributed by atoms with E-state index in [1.807, 2.05) is 53.9 Å². The molecule has 3 heterocycles. The Bertz CT molecular complexity index is 835. The summed E-state index contributed by atoms with van der Waals surface area (Å²) in [4.78, 5) is 18.7. The molecule has 0 fully saturated rings. The van der Waals surface area contributed by atoms with E-state index in [4.69, 9.17) is 0 Å². The fourth-order valence-electron chi connectivity index (χ4n) is 2.78. The van der Waals surface area contributed by atoms with Crippen LogP contribution in [-0.4, -0.2) is 15.3 Å². The third-order valence-electron chi connectivity index (χ3n) is 3.81. The largest absolute Gasteiger partial charge is 0.288 e. The van der Waals surface area contributed by atoms with E-state index in [0.717, 1.165) is 28.2 Å². The Hall–Kier alpha value is -2.62. The monoisotopic (exact) mass is 263 g/mol. The van der Waals surface area contributed by atoms with Crippen molar-refractivity contribution in [1.82, 2.24) is 9.38 Å². The molecule has 1 aromatic carbocycles. The van der Waals surface area contributed by atoms with Gasteiger partial charge in [-0.1, -0.05) is 24.3 Å². The molecule has 3 aromatic rings. The van der Waals surface area contributed by atoms with Crippen LogP contribution in [-0.2, 0) is 6.54 Å². The van der Waals surface area contributed by atoms with Crippen molar-refractivity contribution < 1.29 is 4.79 Å². The molecule has 4 heteroatoms. The summed E-state index contributed by atoms with van der Waals surface area (Å²) < 4.78 is 1.97. The van der Waals surface area contributed by atoms with Crippen molar-refractivity contribution in [2.24, 2.45) is 0 Å². The van der Waals surface area contributed by atoms with E-state index in [9.17, 15) is 4.79 Å². The van der Waals surface area contributed by atoms with E-state index in [-0.39, 0.29) is 5.91 Å². The van der Waals surface area contributed by atoms with Gasteiger partial charge in [0.05, 0.1) is 12.7 Å². The van der Waals surface area contributed by atoms with Crippen LogP contribution in [0.2, 0.25) is 0 Å². The van der Waals surface area contributed by atoms with Crippen LogP contribution in [0, 0.1) is 6.92 Å². The van der Waals surface area contributed by atoms with Crippen molar-refractivity contribution in [3.8, 4) is 0 Å². The Morgan fingerprint density at radius 2 is 2.00 bits per heavy atom. The number of imidazole rings is 1. The van der Waals surface area contributed by atoms with E-state index in [0.29, 0.717) is 6.54 Å². The molecule has 0 unspecified atom stereocenters. The van der Waals surface area contributed by atoms with Crippen molar-refractivity contribution in [2.75, 3.05) is 4.90 Å². The maximum absolute atomic E-state index is 12.5. The number of anilines is 1. The number of pyridine rings is 1. The third-order valence-corrected chi connectivity index (χ3v) is 3.81. The molecule has 1 amide bonds. The highest BCUT2D eigenvalue weighted by Crippen LogP contribution is 2.29. The van der Waals surface area contributed by atoms with Gasteiger partial charge < -0.3 is 0 Å². The number of amides is 1. The van der Waals surface area contributed by atoms with Crippen molar-refractivity contribution in [3.05, 3.63) is 65.5 Å². The van der Waals surface area contributed by atoms with Crippen LogP contribution >= 0.6 is 0 Å². The Labute approximate surface area is 116 Å². The Morgan fingerprint density at radius 3 is 2.85 bits per heavy atom. The molecule has 0 saturated heterocycles. The fraction of sp³-hybridized carbons (Fsp3) is 0.125. The predicted molar refractivity (Wildman–Crippen MR) is 76.9 cm³/mol. The average molecular weight is 263 g/mol. The quantitative estimate of drug-likeness (QED) is 0.677. The SMILES string of the molecule is Cc1cccn2c(N3Cc4ccccc4C3=O)cnc12. The normalized spacial score (nSPS) is 14.1. The first kappa shape index (κ1) is 11.2. The molecular weight excluding hydrogens is 250 g/mol. The number of carbonyl (C=O) groups excluding carboxylic acids is 1. The smallest absolute Gasteiger partial charge is 0.260 e. The summed E-state index contributed by atoms with van der Waals surface area (Å²) in [5.41, 5.74) is 3.85. The second-order valence-corrected chi connectivity index (χ2v) is 5.05. The van der Waals surface area contributed by atoms with E-state index >= 15 is 0 Å². The lowest BCUT2D eigenvalue weighted by Gasteiger charge is -2.14. The van der Waals surface area contributed by atoms with Crippen LogP contribution in [0.4, 0.5) is 5.82 Å². The highest BCUT2D eigenvalue weighted by molar-refractivity contribution is 6.09. The lowest BCUT2D eigenvalue weighted by atomic mass is 10.1. The molecule has 0 bridgehead atoms. The zero-order valence-corrected chi connectivity index (χ0v) is 11.1. The zero-order valence-electron chi connectivity index (χ0n) is 11.1. The summed E-state index contributed by atoms with van der Waals surface area (Å²) in [5.74, 6) is 0.869. The van der Waals surface area contributed by atoms with Gasteiger partial charge in [-0.3, -0.25) is 14.1 Å². The van der Waals surface area contributed by atoms with Gasteiger partial charge in [-0.25, -0.2) is 4.98 Å².